The van der Waals surface area contributed by atoms with Crippen molar-refractivity contribution in [3.05, 3.63) is 64.7 Å². The van der Waals surface area contributed by atoms with Crippen LogP contribution in [0, 0.1) is 10.1 Å². The number of nitrogens with zero attached hydrogens (tertiary/aromatic N) is 3. The number of hydrogen-bond donors (Lipinski definition) is 0. The van der Waals surface area contributed by atoms with Crippen molar-refractivity contribution in [2.45, 2.75) is 17.1 Å². The fourth-order valence-electron chi connectivity index (χ4n) is 3.18. The Bertz CT molecular complexity index is 953. The molecule has 1 heterocycles. The Hall–Kier alpha value is -2.94. The zero-order valence-corrected chi connectivity index (χ0v) is 16.2. The van der Waals surface area contributed by atoms with Crippen LogP contribution in [0.3, 0.4) is 0 Å². The van der Waals surface area contributed by atoms with Crippen molar-refractivity contribution in [1.82, 2.24) is 4.90 Å². The van der Waals surface area contributed by atoms with Crippen molar-refractivity contribution in [2.24, 2.45) is 0 Å². The van der Waals surface area contributed by atoms with Gasteiger partial charge in [0.1, 0.15) is 5.25 Å². The highest BCUT2D eigenvalue weighted by Gasteiger charge is 2.34. The van der Waals surface area contributed by atoms with Crippen LogP contribution in [0.5, 0.6) is 0 Å². The van der Waals surface area contributed by atoms with E-state index in [4.69, 9.17) is 0 Å². The third-order valence-corrected chi connectivity index (χ3v) is 6.96. The molecular formula is C19H21N3O5S. The highest BCUT2D eigenvalue weighted by molar-refractivity contribution is 7.92. The maximum absolute atomic E-state index is 12.8. The highest BCUT2D eigenvalue weighted by atomic mass is 32.2. The molecule has 0 saturated carbocycles. The molecule has 148 valence electrons. The summed E-state index contributed by atoms with van der Waals surface area (Å²) in [5.41, 5.74) is 0.871. The lowest BCUT2D eigenvalue weighted by Crippen LogP contribution is -2.52. The number of nitro groups is 1. The van der Waals surface area contributed by atoms with Crippen LogP contribution in [0.15, 0.2) is 59.5 Å². The van der Waals surface area contributed by atoms with Gasteiger partial charge in [-0.05, 0) is 31.2 Å². The van der Waals surface area contributed by atoms with Crippen LogP contribution in [-0.4, -0.2) is 55.6 Å². The summed E-state index contributed by atoms with van der Waals surface area (Å²) in [6.45, 7) is 3.49. The Labute approximate surface area is 163 Å². The molecule has 9 heteroatoms. The second-order valence-electron chi connectivity index (χ2n) is 6.59. The van der Waals surface area contributed by atoms with Crippen LogP contribution in [0.2, 0.25) is 0 Å². The molecule has 1 amide bonds. The Morgan fingerprint density at radius 3 is 2.11 bits per heavy atom. The molecule has 1 saturated heterocycles. The summed E-state index contributed by atoms with van der Waals surface area (Å²) in [5.74, 6) is -0.453. The Morgan fingerprint density at radius 2 is 1.57 bits per heavy atom. The number of carbonyl (C=O) groups is 1. The topological polar surface area (TPSA) is 101 Å². The molecule has 0 spiro atoms. The lowest BCUT2D eigenvalue weighted by molar-refractivity contribution is -0.384. The van der Waals surface area contributed by atoms with Crippen LogP contribution in [0.1, 0.15) is 6.92 Å². The number of carbonyl (C=O) groups excluding carboxylic acids is 1. The number of rotatable bonds is 5. The molecule has 1 aliphatic rings. The zero-order chi connectivity index (χ0) is 20.3. The second-order valence-corrected chi connectivity index (χ2v) is 8.85. The maximum Gasteiger partial charge on any atom is 0.269 e. The summed E-state index contributed by atoms with van der Waals surface area (Å²) in [5, 5.41) is 9.48. The number of benzene rings is 2. The Kier molecular flexibility index (Phi) is 5.64. The van der Waals surface area contributed by atoms with E-state index in [1.807, 2.05) is 30.3 Å². The monoisotopic (exact) mass is 403 g/mol. The summed E-state index contributed by atoms with van der Waals surface area (Å²) in [6, 6.07) is 14.4. The fourth-order valence-corrected chi connectivity index (χ4v) is 4.51. The van der Waals surface area contributed by atoms with E-state index < -0.39 is 25.9 Å². The van der Waals surface area contributed by atoms with Crippen molar-refractivity contribution >= 4 is 27.1 Å². The van der Waals surface area contributed by atoms with E-state index in [-0.39, 0.29) is 10.6 Å². The molecule has 2 aromatic carbocycles. The van der Waals surface area contributed by atoms with E-state index in [0.29, 0.717) is 26.2 Å². The first-order valence-electron chi connectivity index (χ1n) is 8.88. The normalized spacial score (nSPS) is 15.9. The predicted molar refractivity (Wildman–Crippen MR) is 105 cm³/mol. The van der Waals surface area contributed by atoms with Gasteiger partial charge in [0.05, 0.1) is 9.82 Å². The second kappa shape index (κ2) is 7.97. The molecule has 1 fully saturated rings. The maximum atomic E-state index is 12.8. The molecule has 0 bridgehead atoms. The van der Waals surface area contributed by atoms with E-state index in [9.17, 15) is 23.3 Å². The minimum Gasteiger partial charge on any atom is -0.368 e. The van der Waals surface area contributed by atoms with Gasteiger partial charge in [-0.25, -0.2) is 8.42 Å². The molecule has 3 rings (SSSR count). The average molecular weight is 403 g/mol. The summed E-state index contributed by atoms with van der Waals surface area (Å²) < 4.78 is 25.5. The lowest BCUT2D eigenvalue weighted by atomic mass is 10.2. The van der Waals surface area contributed by atoms with Crippen molar-refractivity contribution in [3.63, 3.8) is 0 Å². The van der Waals surface area contributed by atoms with Gasteiger partial charge < -0.3 is 9.80 Å². The van der Waals surface area contributed by atoms with Gasteiger partial charge in [0.15, 0.2) is 9.84 Å². The third kappa shape index (κ3) is 3.99. The predicted octanol–water partition coefficient (Wildman–Crippen LogP) is 2.11. The van der Waals surface area contributed by atoms with Gasteiger partial charge in [0, 0.05) is 44.0 Å². The summed E-state index contributed by atoms with van der Waals surface area (Å²) in [4.78, 5) is 26.5. The van der Waals surface area contributed by atoms with E-state index in [1.165, 1.54) is 19.1 Å². The first-order chi connectivity index (χ1) is 13.3. The fraction of sp³-hybridized carbons (Fsp3) is 0.316. The molecule has 1 atom stereocenters. The summed E-state index contributed by atoms with van der Waals surface area (Å²) in [6.07, 6.45) is 0. The van der Waals surface area contributed by atoms with Gasteiger partial charge in [-0.1, -0.05) is 18.2 Å². The van der Waals surface area contributed by atoms with Crippen LogP contribution in [-0.2, 0) is 14.6 Å². The molecule has 0 unspecified atom stereocenters. The number of non-ortho nitro benzene ring substituents is 1. The Morgan fingerprint density at radius 1 is 1.00 bits per heavy atom. The number of nitro benzene ring substituents is 1. The van der Waals surface area contributed by atoms with E-state index >= 15 is 0 Å². The molecular weight excluding hydrogens is 382 g/mol. The van der Waals surface area contributed by atoms with Gasteiger partial charge in [-0.2, -0.15) is 0 Å². The first kappa shape index (κ1) is 19.8. The number of sulfone groups is 1. The minimum atomic E-state index is -3.92. The Balaban J connectivity index is 1.67. The number of anilines is 1. The molecule has 0 aromatic heterocycles. The number of amides is 1. The minimum absolute atomic E-state index is 0.0955. The number of piperazine rings is 1. The largest absolute Gasteiger partial charge is 0.368 e. The van der Waals surface area contributed by atoms with Gasteiger partial charge in [-0.3, -0.25) is 14.9 Å². The molecule has 2 aromatic rings. The number of para-hydroxylation sites is 1. The van der Waals surface area contributed by atoms with Crippen LogP contribution in [0.4, 0.5) is 11.4 Å². The molecule has 28 heavy (non-hydrogen) atoms. The number of hydrogen-bond acceptors (Lipinski definition) is 6. The highest BCUT2D eigenvalue weighted by Crippen LogP contribution is 2.22. The van der Waals surface area contributed by atoms with Crippen molar-refractivity contribution in [2.75, 3.05) is 31.1 Å². The van der Waals surface area contributed by atoms with Crippen molar-refractivity contribution in [3.8, 4) is 0 Å². The van der Waals surface area contributed by atoms with Gasteiger partial charge in [0.25, 0.3) is 5.69 Å². The van der Waals surface area contributed by atoms with Gasteiger partial charge >= 0.3 is 0 Å². The lowest BCUT2D eigenvalue weighted by Gasteiger charge is -2.37. The van der Waals surface area contributed by atoms with Crippen LogP contribution in [0.25, 0.3) is 0 Å². The summed E-state index contributed by atoms with van der Waals surface area (Å²) in [7, 11) is -3.92. The molecule has 8 nitrogen and oxygen atoms in total. The van der Waals surface area contributed by atoms with E-state index in [2.05, 4.69) is 4.90 Å². The van der Waals surface area contributed by atoms with Crippen LogP contribution < -0.4 is 4.90 Å². The third-order valence-electron chi connectivity index (χ3n) is 4.90. The molecule has 0 aliphatic carbocycles. The average Bonchev–Trinajstić information content (AvgIpc) is 2.73. The van der Waals surface area contributed by atoms with Crippen LogP contribution >= 0.6 is 0 Å². The molecule has 0 N–H and O–H groups in total. The van der Waals surface area contributed by atoms with Crippen molar-refractivity contribution < 1.29 is 18.1 Å². The smallest absolute Gasteiger partial charge is 0.269 e. The van der Waals surface area contributed by atoms with E-state index in [1.54, 1.807) is 4.90 Å². The first-order valence-corrected chi connectivity index (χ1v) is 10.4. The molecule has 0 radical (unpaired) electrons. The zero-order valence-electron chi connectivity index (χ0n) is 15.4. The van der Waals surface area contributed by atoms with Crippen molar-refractivity contribution in [1.29, 1.82) is 0 Å². The SMILES string of the molecule is C[C@@H](C(=O)N1CCN(c2ccccc2)CC1)S(=O)(=O)c1ccc([N+](=O)[O-])cc1. The quantitative estimate of drug-likeness (QED) is 0.560. The summed E-state index contributed by atoms with van der Waals surface area (Å²) >= 11 is 0. The van der Waals surface area contributed by atoms with E-state index in [0.717, 1.165) is 17.8 Å². The van der Waals surface area contributed by atoms with Gasteiger partial charge in [-0.15, -0.1) is 0 Å². The standard InChI is InChI=1S/C19H21N3O5S/c1-15(28(26,27)18-9-7-17(8-10-18)22(24)25)19(23)21-13-11-20(12-14-21)16-5-3-2-4-6-16/h2-10,15H,11-14H2,1H3/t15-/m0/s1. The van der Waals surface area contributed by atoms with Gasteiger partial charge in [0.2, 0.25) is 5.91 Å². The molecule has 1 aliphatic heterocycles.